The molecule has 4 N–H and O–H groups in total. The van der Waals surface area contributed by atoms with E-state index in [1.165, 1.54) is 19.3 Å². The van der Waals surface area contributed by atoms with Crippen LogP contribution < -0.4 is 16.0 Å². The number of hydrogen-bond acceptors (Lipinski definition) is 3. The van der Waals surface area contributed by atoms with Gasteiger partial charge in [0.2, 0.25) is 5.91 Å². The molecule has 5 nitrogen and oxygen atoms in total. The van der Waals surface area contributed by atoms with Crippen LogP contribution in [0.15, 0.2) is 6.20 Å². The van der Waals surface area contributed by atoms with E-state index in [9.17, 15) is 4.79 Å². The molecule has 1 aromatic rings. The van der Waals surface area contributed by atoms with E-state index in [0.717, 1.165) is 24.2 Å². The smallest absolute Gasteiger partial charge is 0.247 e. The third-order valence-electron chi connectivity index (χ3n) is 4.30. The third-order valence-corrected chi connectivity index (χ3v) is 4.30. The number of nitrogen functional groups attached to an aromatic ring is 1. The van der Waals surface area contributed by atoms with Gasteiger partial charge in [-0.3, -0.25) is 4.79 Å². The number of likely N-dealkylation sites (N-methyl/N-ethyl adjacent to an activating group) is 1. The summed E-state index contributed by atoms with van der Waals surface area (Å²) in [6.45, 7) is 0. The topological polar surface area (TPSA) is 74.2 Å². The van der Waals surface area contributed by atoms with Crippen molar-refractivity contribution in [3.05, 3.63) is 6.20 Å². The number of nitrogens with one attached hydrogen (secondary N) is 2. The number of nitrogens with two attached hydrogens (primary N) is 1. The summed E-state index contributed by atoms with van der Waals surface area (Å²) in [4.78, 5) is 17.3. The van der Waals surface area contributed by atoms with E-state index in [4.69, 9.17) is 5.73 Å². The number of aromatic nitrogens is 1. The van der Waals surface area contributed by atoms with Gasteiger partial charge in [-0.2, -0.15) is 0 Å². The molecule has 2 aliphatic rings. The summed E-state index contributed by atoms with van der Waals surface area (Å²) in [6.07, 6.45) is 7.96. The standard InChI is InChI=1S/C13H20N4O/c1-17-9-7-15-12(14)10(9)16-13(18)11(17)8-5-3-2-4-6-8/h7-8,11,15H,2-6,14H2,1H3,(H,16,18). The second kappa shape index (κ2) is 4.23. The van der Waals surface area contributed by atoms with E-state index in [-0.39, 0.29) is 11.9 Å². The fraction of sp³-hybridized carbons (Fsp3) is 0.615. The average molecular weight is 248 g/mol. The molecular formula is C13H20N4O. The van der Waals surface area contributed by atoms with Gasteiger partial charge in [-0.15, -0.1) is 0 Å². The van der Waals surface area contributed by atoms with E-state index in [1.807, 2.05) is 13.2 Å². The Hall–Kier alpha value is -1.65. The van der Waals surface area contributed by atoms with Gasteiger partial charge in [0.15, 0.2) is 0 Å². The zero-order valence-corrected chi connectivity index (χ0v) is 10.7. The fourth-order valence-electron chi connectivity index (χ4n) is 3.34. The van der Waals surface area contributed by atoms with Crippen molar-refractivity contribution in [3.63, 3.8) is 0 Å². The molecule has 3 rings (SSSR count). The molecule has 2 heterocycles. The van der Waals surface area contributed by atoms with Crippen LogP contribution in [0.5, 0.6) is 0 Å². The van der Waals surface area contributed by atoms with Crippen molar-refractivity contribution in [2.24, 2.45) is 5.92 Å². The quantitative estimate of drug-likeness (QED) is 0.711. The Morgan fingerprint density at radius 2 is 2.06 bits per heavy atom. The van der Waals surface area contributed by atoms with Crippen LogP contribution in [-0.2, 0) is 4.79 Å². The maximum atomic E-state index is 12.3. The minimum absolute atomic E-state index is 0.0481. The summed E-state index contributed by atoms with van der Waals surface area (Å²) in [5.41, 5.74) is 7.55. The Labute approximate surface area is 107 Å². The van der Waals surface area contributed by atoms with Gasteiger partial charge in [0.05, 0.1) is 5.69 Å². The summed E-state index contributed by atoms with van der Waals surface area (Å²) in [5.74, 6) is 1.09. The lowest BCUT2D eigenvalue weighted by molar-refractivity contribution is -0.119. The molecule has 0 saturated heterocycles. The van der Waals surface area contributed by atoms with Crippen LogP contribution in [0.1, 0.15) is 32.1 Å². The predicted molar refractivity (Wildman–Crippen MR) is 72.6 cm³/mol. The number of rotatable bonds is 1. The van der Waals surface area contributed by atoms with Crippen molar-refractivity contribution in [1.82, 2.24) is 4.98 Å². The van der Waals surface area contributed by atoms with Crippen molar-refractivity contribution in [3.8, 4) is 0 Å². The Morgan fingerprint density at radius 1 is 1.33 bits per heavy atom. The molecule has 1 aliphatic carbocycles. The van der Waals surface area contributed by atoms with Crippen LogP contribution in [0, 0.1) is 5.92 Å². The average Bonchev–Trinajstić information content (AvgIpc) is 2.73. The second-order valence-electron chi connectivity index (χ2n) is 5.41. The molecule has 0 bridgehead atoms. The van der Waals surface area contributed by atoms with Crippen LogP contribution in [-0.4, -0.2) is 24.0 Å². The van der Waals surface area contributed by atoms with Crippen molar-refractivity contribution in [1.29, 1.82) is 0 Å². The Kier molecular flexibility index (Phi) is 2.69. The van der Waals surface area contributed by atoms with Crippen LogP contribution >= 0.6 is 0 Å². The number of H-pyrrole nitrogens is 1. The number of aromatic amines is 1. The van der Waals surface area contributed by atoms with Gasteiger partial charge in [0, 0.05) is 13.2 Å². The highest BCUT2D eigenvalue weighted by molar-refractivity contribution is 6.06. The number of anilines is 3. The second-order valence-corrected chi connectivity index (χ2v) is 5.41. The van der Waals surface area contributed by atoms with E-state index in [2.05, 4.69) is 15.2 Å². The maximum absolute atomic E-state index is 12.3. The minimum Gasteiger partial charge on any atom is -0.383 e. The first-order chi connectivity index (χ1) is 8.68. The van der Waals surface area contributed by atoms with Gasteiger partial charge in [-0.25, -0.2) is 0 Å². The van der Waals surface area contributed by atoms with Crippen molar-refractivity contribution in [2.75, 3.05) is 23.0 Å². The minimum atomic E-state index is -0.0481. The van der Waals surface area contributed by atoms with E-state index >= 15 is 0 Å². The molecular weight excluding hydrogens is 228 g/mol. The van der Waals surface area contributed by atoms with Crippen LogP contribution in [0.2, 0.25) is 0 Å². The number of carbonyl (C=O) groups excluding carboxylic acids is 1. The van der Waals surface area contributed by atoms with Gasteiger partial charge in [0.25, 0.3) is 0 Å². The van der Waals surface area contributed by atoms with Gasteiger partial charge in [-0.1, -0.05) is 19.3 Å². The Morgan fingerprint density at radius 3 is 2.78 bits per heavy atom. The first-order valence-electron chi connectivity index (χ1n) is 6.69. The summed E-state index contributed by atoms with van der Waals surface area (Å²) < 4.78 is 0. The van der Waals surface area contributed by atoms with Crippen molar-refractivity contribution >= 4 is 23.1 Å². The zero-order valence-electron chi connectivity index (χ0n) is 10.7. The number of fused-ring (bicyclic) bond motifs is 1. The zero-order chi connectivity index (χ0) is 12.7. The SMILES string of the molecule is CN1c2c[nH]c(N)c2NC(=O)C1C1CCCCC1. The first-order valence-corrected chi connectivity index (χ1v) is 6.69. The lowest BCUT2D eigenvalue weighted by atomic mass is 9.82. The molecule has 1 atom stereocenters. The lowest BCUT2D eigenvalue weighted by Crippen LogP contribution is -2.50. The van der Waals surface area contributed by atoms with Crippen molar-refractivity contribution in [2.45, 2.75) is 38.1 Å². The highest BCUT2D eigenvalue weighted by Crippen LogP contribution is 2.39. The lowest BCUT2D eigenvalue weighted by Gasteiger charge is -2.39. The molecule has 1 aromatic heterocycles. The molecule has 1 unspecified atom stereocenters. The number of amides is 1. The highest BCUT2D eigenvalue weighted by Gasteiger charge is 2.38. The molecule has 98 valence electrons. The fourth-order valence-corrected chi connectivity index (χ4v) is 3.34. The first kappa shape index (κ1) is 11.4. The predicted octanol–water partition coefficient (Wildman–Crippen LogP) is 1.93. The maximum Gasteiger partial charge on any atom is 0.247 e. The monoisotopic (exact) mass is 248 g/mol. The van der Waals surface area contributed by atoms with Gasteiger partial charge < -0.3 is 20.9 Å². The summed E-state index contributed by atoms with van der Waals surface area (Å²) in [7, 11) is 1.99. The Balaban J connectivity index is 1.90. The molecule has 0 radical (unpaired) electrons. The number of carbonyl (C=O) groups is 1. The van der Waals surface area contributed by atoms with Gasteiger partial charge in [-0.05, 0) is 18.8 Å². The third kappa shape index (κ3) is 1.65. The van der Waals surface area contributed by atoms with E-state index in [0.29, 0.717) is 11.7 Å². The van der Waals surface area contributed by atoms with Gasteiger partial charge >= 0.3 is 0 Å². The molecule has 0 aromatic carbocycles. The van der Waals surface area contributed by atoms with Crippen LogP contribution in [0.4, 0.5) is 17.2 Å². The van der Waals surface area contributed by atoms with Crippen LogP contribution in [0.3, 0.4) is 0 Å². The molecule has 1 aliphatic heterocycles. The van der Waals surface area contributed by atoms with Crippen LogP contribution in [0.25, 0.3) is 0 Å². The number of nitrogens with zero attached hydrogens (tertiary/aromatic N) is 1. The largest absolute Gasteiger partial charge is 0.383 e. The van der Waals surface area contributed by atoms with Gasteiger partial charge in [0.1, 0.15) is 17.5 Å². The molecule has 1 saturated carbocycles. The van der Waals surface area contributed by atoms with Crippen molar-refractivity contribution < 1.29 is 4.79 Å². The number of hydrogen-bond donors (Lipinski definition) is 3. The molecule has 1 amide bonds. The summed E-state index contributed by atoms with van der Waals surface area (Å²) in [6, 6.07) is -0.0481. The summed E-state index contributed by atoms with van der Waals surface area (Å²) >= 11 is 0. The molecule has 18 heavy (non-hydrogen) atoms. The molecule has 5 heteroatoms. The van der Waals surface area contributed by atoms with E-state index in [1.54, 1.807) is 0 Å². The Bertz CT molecular complexity index is 462. The molecule has 0 spiro atoms. The molecule has 1 fully saturated rings. The normalized spacial score (nSPS) is 24.8. The summed E-state index contributed by atoms with van der Waals surface area (Å²) in [5, 5.41) is 2.95. The van der Waals surface area contributed by atoms with E-state index < -0.39 is 0 Å². The highest BCUT2D eigenvalue weighted by atomic mass is 16.2.